The largest absolute Gasteiger partial charge is 1.00 e. The van der Waals surface area contributed by atoms with Crippen molar-refractivity contribution in [2.45, 2.75) is 71.8 Å². The fourth-order valence-corrected chi connectivity index (χ4v) is 8.60. The summed E-state index contributed by atoms with van der Waals surface area (Å²) in [5.74, 6) is -5.54. The molecule has 8 rings (SSSR count). The van der Waals surface area contributed by atoms with E-state index in [0.29, 0.717) is 51.2 Å². The molecule has 16 nitrogen and oxygen atoms in total. The number of ether oxygens (including phenoxy) is 2. The summed E-state index contributed by atoms with van der Waals surface area (Å²) in [6.45, 7) is 7.49. The fraction of sp³-hybridized carbons (Fsp3) is 0.300. The number of anilines is 2. The van der Waals surface area contributed by atoms with Crippen LogP contribution in [0.15, 0.2) is 121 Å². The van der Waals surface area contributed by atoms with Gasteiger partial charge in [-0.25, -0.2) is 4.79 Å². The molecule has 4 aromatic rings. The molecule has 0 spiro atoms. The molecule has 4 amide bonds. The number of hydrogen-bond donors (Lipinski definition) is 4. The summed E-state index contributed by atoms with van der Waals surface area (Å²) in [5, 5.41) is 37.3. The minimum atomic E-state index is -1.45. The third-order valence-electron chi connectivity index (χ3n) is 11.8. The average Bonchev–Trinajstić information content (AvgIpc) is 3.81. The van der Waals surface area contributed by atoms with Crippen LogP contribution >= 0.6 is 0 Å². The number of hydrogen-bond acceptors (Lipinski definition) is 12. The van der Waals surface area contributed by atoms with Gasteiger partial charge in [-0.3, -0.25) is 24.0 Å². The van der Waals surface area contributed by atoms with Crippen molar-refractivity contribution in [1.29, 1.82) is 0 Å². The Morgan fingerprint density at radius 1 is 0.657 bits per heavy atom. The normalized spacial score (nSPS) is 20.1. The van der Waals surface area contributed by atoms with Gasteiger partial charge in [-0.05, 0) is 118 Å². The Bertz CT molecular complexity index is 2660. The van der Waals surface area contributed by atoms with Gasteiger partial charge in [0.25, 0.3) is 11.8 Å². The summed E-state index contributed by atoms with van der Waals surface area (Å²) < 4.78 is 10.3. The number of carbonyl (C=O) groups is 7. The number of carboxylic acids is 1. The molecular formula is C50H49N4NaO12. The molecule has 6 atom stereocenters. The second-order valence-electron chi connectivity index (χ2n) is 17.5. The van der Waals surface area contributed by atoms with Gasteiger partial charge >= 0.3 is 41.5 Å². The number of carbonyl (C=O) groups excluding carboxylic acids is 7. The van der Waals surface area contributed by atoms with Crippen LogP contribution in [-0.2, 0) is 33.4 Å². The number of amides is 4. The molecule has 4 aromatic carbocycles. The predicted octanol–water partition coefficient (Wildman–Crippen LogP) is 1.37. The van der Waals surface area contributed by atoms with Crippen LogP contribution in [-0.4, -0.2) is 92.6 Å². The smallest absolute Gasteiger partial charge is 0.543 e. The van der Waals surface area contributed by atoms with Gasteiger partial charge in [-0.1, -0.05) is 60.7 Å². The van der Waals surface area contributed by atoms with E-state index in [1.54, 1.807) is 106 Å². The van der Waals surface area contributed by atoms with Crippen molar-refractivity contribution in [3.05, 3.63) is 143 Å². The van der Waals surface area contributed by atoms with Gasteiger partial charge in [0.1, 0.15) is 5.70 Å². The van der Waals surface area contributed by atoms with Crippen molar-refractivity contribution in [2.24, 2.45) is 17.3 Å². The third-order valence-corrected chi connectivity index (χ3v) is 11.8. The van der Waals surface area contributed by atoms with Gasteiger partial charge in [0.05, 0.1) is 53.2 Å². The molecule has 4 heterocycles. The van der Waals surface area contributed by atoms with Crippen LogP contribution < -0.4 is 45.3 Å². The van der Waals surface area contributed by atoms with Crippen molar-refractivity contribution in [3.63, 3.8) is 0 Å². The van der Waals surface area contributed by atoms with Gasteiger partial charge in [0, 0.05) is 22.5 Å². The van der Waals surface area contributed by atoms with Gasteiger partial charge in [-0.2, -0.15) is 0 Å². The first-order valence-electron chi connectivity index (χ1n) is 21.3. The molecule has 0 saturated carbocycles. The van der Waals surface area contributed by atoms with Gasteiger partial charge in [0.15, 0.2) is 0 Å². The molecule has 2 fully saturated rings. The Balaban J connectivity index is 0.000000224. The van der Waals surface area contributed by atoms with Crippen molar-refractivity contribution in [3.8, 4) is 0 Å². The van der Waals surface area contributed by atoms with Crippen LogP contribution in [0.25, 0.3) is 11.1 Å². The van der Waals surface area contributed by atoms with Crippen molar-refractivity contribution >= 4 is 64.1 Å². The summed E-state index contributed by atoms with van der Waals surface area (Å²) >= 11 is 0. The van der Waals surface area contributed by atoms with Crippen molar-refractivity contribution < 1.29 is 87.9 Å². The summed E-state index contributed by atoms with van der Waals surface area (Å²) in [6, 6.07) is 30.5. The van der Waals surface area contributed by atoms with E-state index in [-0.39, 0.29) is 65.1 Å². The number of nitrogens with zero attached hydrogens (tertiary/aromatic N) is 2. The number of aliphatic carboxylic acids is 1. The van der Waals surface area contributed by atoms with Crippen LogP contribution in [0.5, 0.6) is 0 Å². The Hall–Kier alpha value is -6.43. The minimum absolute atomic E-state index is 0. The Morgan fingerprint density at radius 2 is 1.07 bits per heavy atom. The molecule has 0 unspecified atom stereocenters. The molecule has 0 radical (unpaired) electrons. The van der Waals surface area contributed by atoms with Gasteiger partial charge in [-0.15, -0.1) is 0 Å². The topological polar surface area (TPSA) is 232 Å². The molecule has 0 aromatic heterocycles. The van der Waals surface area contributed by atoms with Gasteiger partial charge < -0.3 is 50.0 Å². The van der Waals surface area contributed by atoms with E-state index in [1.165, 1.54) is 23.6 Å². The molecule has 0 bridgehead atoms. The average molecular weight is 921 g/mol. The Labute approximate surface area is 408 Å². The first-order chi connectivity index (χ1) is 31.4. The zero-order chi connectivity index (χ0) is 47.6. The quantitative estimate of drug-likeness (QED) is 0.0684. The monoisotopic (exact) mass is 920 g/mol. The number of benzene rings is 4. The van der Waals surface area contributed by atoms with Crippen LogP contribution in [0.3, 0.4) is 0 Å². The molecule has 4 aliphatic rings. The molecule has 4 aliphatic heterocycles. The predicted molar refractivity (Wildman–Crippen MR) is 238 cm³/mol. The van der Waals surface area contributed by atoms with Crippen molar-refractivity contribution in [1.82, 2.24) is 9.80 Å². The summed E-state index contributed by atoms with van der Waals surface area (Å²) in [7, 11) is 0. The number of rotatable bonds is 12. The maximum atomic E-state index is 13.1. The Kier molecular flexibility index (Phi) is 15.4. The molecule has 2 saturated heterocycles. The maximum Gasteiger partial charge on any atom is 1.00 e. The SMILES string of the molecule is C[C@@H](O)[C@H]1C(=O)N2C(C(=O)OCOC(=O)C(C)(C)C)=C(c3cccc(C(=O)Nc4ccccc4)c3)C[C@H]12.C[C@@H](O)[C@H]1C(=O)N2C(C(=O)[O-])=C(c3cccc(C(=O)Nc4ccccc4)c3)C[C@H]12.[Na+]. The Morgan fingerprint density at radius 3 is 1.48 bits per heavy atom. The minimum Gasteiger partial charge on any atom is -0.543 e. The van der Waals surface area contributed by atoms with Crippen LogP contribution in [0, 0.1) is 17.3 Å². The van der Waals surface area contributed by atoms with Crippen molar-refractivity contribution in [2.75, 3.05) is 17.4 Å². The zero-order valence-electron chi connectivity index (χ0n) is 37.8. The standard InChI is InChI=1S/C28H30N2O7.C22H20N2O5.Na/c1-16(31)22-21-14-20(17-9-8-10-18(13-17)24(32)29-19-11-6-5-7-12-19)23(30(21)25(22)33)26(34)36-15-37-27(35)28(2,3)4;1-12(25)18-17-11-16(19(22(28)29)24(17)21(18)27)13-6-5-7-14(10-13)20(26)23-15-8-3-2-4-9-15;/h5-13,16,21-22,31H,14-15H2,1-4H3,(H,29,32);2-10,12,17-18,25H,11H2,1H3,(H,23,26)(H,28,29);/q;;+1/p-1/t16-,21-,22-;12-,17-,18-;/m11./s1. The third kappa shape index (κ3) is 10.4. The van der Waals surface area contributed by atoms with Crippen LogP contribution in [0.2, 0.25) is 0 Å². The molecule has 67 heavy (non-hydrogen) atoms. The number of fused-ring (bicyclic) bond motifs is 2. The van der Waals surface area contributed by atoms with Gasteiger partial charge in [0.2, 0.25) is 18.6 Å². The van der Waals surface area contributed by atoms with E-state index in [4.69, 9.17) is 9.47 Å². The zero-order valence-corrected chi connectivity index (χ0v) is 39.8. The molecule has 4 N–H and O–H groups in total. The number of carboxylic acid groups (broad SMARTS) is 1. The first kappa shape index (κ1) is 50.0. The number of β-lactam (4-membered cyclic amide) rings is 2. The first-order valence-corrected chi connectivity index (χ1v) is 21.3. The maximum absolute atomic E-state index is 13.1. The molecular weight excluding hydrogens is 872 g/mol. The second kappa shape index (κ2) is 20.6. The molecule has 342 valence electrons. The number of aliphatic hydroxyl groups is 2. The van der Waals surface area contributed by atoms with Crippen LogP contribution in [0.1, 0.15) is 79.3 Å². The number of aliphatic hydroxyl groups excluding tert-OH is 2. The molecule has 17 heteroatoms. The summed E-state index contributed by atoms with van der Waals surface area (Å²) in [6.07, 6.45) is -1.17. The molecule has 0 aliphatic carbocycles. The number of esters is 2. The fourth-order valence-electron chi connectivity index (χ4n) is 8.60. The van der Waals surface area contributed by atoms with E-state index < -0.39 is 72.2 Å². The van der Waals surface area contributed by atoms with E-state index in [2.05, 4.69) is 10.6 Å². The van der Waals surface area contributed by atoms with Crippen LogP contribution in [0.4, 0.5) is 11.4 Å². The van der Waals surface area contributed by atoms with E-state index in [1.807, 2.05) is 24.3 Å². The number of nitrogens with one attached hydrogen (secondary N) is 2. The number of para-hydroxylation sites is 2. The summed E-state index contributed by atoms with van der Waals surface area (Å²) in [4.78, 5) is 90.0. The van der Waals surface area contributed by atoms with E-state index in [0.717, 1.165) is 0 Å². The summed E-state index contributed by atoms with van der Waals surface area (Å²) in [5.41, 5.74) is 3.16. The second-order valence-corrected chi connectivity index (χ2v) is 17.5. The van der Waals surface area contributed by atoms with E-state index >= 15 is 0 Å². The van der Waals surface area contributed by atoms with E-state index in [9.17, 15) is 48.9 Å².